The molecule has 1 aliphatic rings. The summed E-state index contributed by atoms with van der Waals surface area (Å²) in [6.45, 7) is 6.42. The Balaban J connectivity index is 1.66. The van der Waals surface area contributed by atoms with Gasteiger partial charge in [-0.3, -0.25) is 9.59 Å². The first-order valence-corrected chi connectivity index (χ1v) is 8.85. The van der Waals surface area contributed by atoms with E-state index in [1.807, 2.05) is 56.5 Å². The van der Waals surface area contributed by atoms with Crippen LogP contribution in [0.4, 0.5) is 5.13 Å². The molecule has 0 saturated carbocycles. The van der Waals surface area contributed by atoms with Crippen molar-refractivity contribution >= 4 is 28.3 Å². The Morgan fingerprint density at radius 2 is 2.00 bits per heavy atom. The molecule has 1 saturated heterocycles. The molecule has 0 spiro atoms. The van der Waals surface area contributed by atoms with Crippen molar-refractivity contribution in [3.63, 3.8) is 0 Å². The van der Waals surface area contributed by atoms with Crippen LogP contribution < -0.4 is 5.32 Å². The maximum absolute atomic E-state index is 12.5. The van der Waals surface area contributed by atoms with Gasteiger partial charge in [0.15, 0.2) is 5.13 Å². The van der Waals surface area contributed by atoms with E-state index in [1.54, 1.807) is 4.90 Å². The summed E-state index contributed by atoms with van der Waals surface area (Å²) in [6, 6.07) is 9.84. The normalized spacial score (nSPS) is 18.0. The minimum atomic E-state index is -0.319. The number of rotatable bonds is 3. The number of carbonyl (C=O) groups is 2. The first-order valence-electron chi connectivity index (χ1n) is 7.97. The Morgan fingerprint density at radius 1 is 1.29 bits per heavy atom. The largest absolute Gasteiger partial charge is 0.337 e. The molecule has 1 unspecified atom stereocenters. The lowest BCUT2D eigenvalue weighted by Crippen LogP contribution is -2.42. The fourth-order valence-electron chi connectivity index (χ4n) is 2.81. The number of hydrogen-bond donors (Lipinski definition) is 1. The number of hydrogen-bond acceptors (Lipinski definition) is 4. The van der Waals surface area contributed by atoms with Gasteiger partial charge in [-0.25, -0.2) is 4.98 Å². The molecule has 0 bridgehead atoms. The highest BCUT2D eigenvalue weighted by Gasteiger charge is 2.39. The van der Waals surface area contributed by atoms with E-state index in [0.717, 1.165) is 11.3 Å². The lowest BCUT2D eigenvalue weighted by Gasteiger charge is -2.31. The molecule has 24 heavy (non-hydrogen) atoms. The Kier molecular flexibility index (Phi) is 4.41. The lowest BCUT2D eigenvalue weighted by atomic mass is 10.1. The molecule has 3 rings (SSSR count). The summed E-state index contributed by atoms with van der Waals surface area (Å²) >= 11 is 1.40. The van der Waals surface area contributed by atoms with E-state index in [4.69, 9.17) is 0 Å². The molecular formula is C18H21N3O2S. The average Bonchev–Trinajstić information content (AvgIpc) is 3.14. The van der Waals surface area contributed by atoms with Crippen molar-refractivity contribution in [1.82, 2.24) is 9.88 Å². The number of amides is 2. The van der Waals surface area contributed by atoms with Gasteiger partial charge in [-0.1, -0.05) is 30.3 Å². The molecular weight excluding hydrogens is 322 g/mol. The fourth-order valence-corrected chi connectivity index (χ4v) is 3.53. The number of likely N-dealkylation sites (tertiary alicyclic amines) is 1. The molecule has 2 heterocycles. The van der Waals surface area contributed by atoms with Gasteiger partial charge in [0.1, 0.15) is 0 Å². The van der Waals surface area contributed by atoms with Crippen LogP contribution in [-0.4, -0.2) is 33.8 Å². The highest BCUT2D eigenvalue weighted by molar-refractivity contribution is 7.14. The molecule has 2 aromatic rings. The van der Waals surface area contributed by atoms with Gasteiger partial charge in [-0.2, -0.15) is 0 Å². The van der Waals surface area contributed by atoms with Crippen LogP contribution in [0.2, 0.25) is 0 Å². The smallest absolute Gasteiger partial charge is 0.231 e. The number of carbonyl (C=O) groups excluding carboxylic acids is 2. The predicted molar refractivity (Wildman–Crippen MR) is 95.8 cm³/mol. The van der Waals surface area contributed by atoms with Crippen molar-refractivity contribution < 1.29 is 9.59 Å². The van der Waals surface area contributed by atoms with Gasteiger partial charge in [0.25, 0.3) is 0 Å². The first-order chi connectivity index (χ1) is 11.3. The molecule has 2 amide bonds. The standard InChI is InChI=1S/C18H21N3O2S/c1-18(2,3)21-10-13(9-15(21)22)16(23)20-17-19-14(11-24-17)12-7-5-4-6-8-12/h4-8,11,13H,9-10H2,1-3H3,(H,19,20,23). The van der Waals surface area contributed by atoms with Crippen LogP contribution in [0, 0.1) is 5.92 Å². The maximum atomic E-state index is 12.5. The third-order valence-corrected chi connectivity index (χ3v) is 4.87. The monoisotopic (exact) mass is 343 g/mol. The second-order valence-corrected chi connectivity index (χ2v) is 7.83. The summed E-state index contributed by atoms with van der Waals surface area (Å²) in [5, 5.41) is 5.35. The van der Waals surface area contributed by atoms with Crippen molar-refractivity contribution in [1.29, 1.82) is 0 Å². The van der Waals surface area contributed by atoms with Gasteiger partial charge in [0.05, 0.1) is 11.6 Å². The van der Waals surface area contributed by atoms with Crippen LogP contribution in [0.3, 0.4) is 0 Å². The van der Waals surface area contributed by atoms with Gasteiger partial charge in [0.2, 0.25) is 11.8 Å². The molecule has 1 aromatic carbocycles. The number of nitrogens with zero attached hydrogens (tertiary/aromatic N) is 2. The Hall–Kier alpha value is -2.21. The van der Waals surface area contributed by atoms with Crippen molar-refractivity contribution in [2.75, 3.05) is 11.9 Å². The molecule has 0 aliphatic carbocycles. The molecule has 1 atom stereocenters. The van der Waals surface area contributed by atoms with Gasteiger partial charge < -0.3 is 10.2 Å². The maximum Gasteiger partial charge on any atom is 0.231 e. The summed E-state index contributed by atoms with van der Waals surface area (Å²) < 4.78 is 0. The van der Waals surface area contributed by atoms with Crippen LogP contribution in [0.5, 0.6) is 0 Å². The second-order valence-electron chi connectivity index (χ2n) is 6.97. The van der Waals surface area contributed by atoms with E-state index in [1.165, 1.54) is 11.3 Å². The van der Waals surface area contributed by atoms with Crippen LogP contribution in [0.1, 0.15) is 27.2 Å². The lowest BCUT2D eigenvalue weighted by molar-refractivity contribution is -0.131. The van der Waals surface area contributed by atoms with Crippen molar-refractivity contribution in [3.8, 4) is 11.3 Å². The van der Waals surface area contributed by atoms with E-state index in [9.17, 15) is 9.59 Å². The summed E-state index contributed by atoms with van der Waals surface area (Å²) in [6.07, 6.45) is 0.264. The van der Waals surface area contributed by atoms with Crippen molar-refractivity contribution in [3.05, 3.63) is 35.7 Å². The zero-order chi connectivity index (χ0) is 17.3. The zero-order valence-electron chi connectivity index (χ0n) is 14.1. The first kappa shape index (κ1) is 16.6. The summed E-state index contributed by atoms with van der Waals surface area (Å²) in [7, 11) is 0. The molecule has 1 aromatic heterocycles. The van der Waals surface area contributed by atoms with E-state index in [0.29, 0.717) is 11.7 Å². The summed E-state index contributed by atoms with van der Waals surface area (Å²) in [4.78, 5) is 30.8. The molecule has 1 N–H and O–H groups in total. The highest BCUT2D eigenvalue weighted by Crippen LogP contribution is 2.28. The highest BCUT2D eigenvalue weighted by atomic mass is 32.1. The topological polar surface area (TPSA) is 62.3 Å². The van der Waals surface area contributed by atoms with Gasteiger partial charge >= 0.3 is 0 Å². The molecule has 1 aliphatic heterocycles. The van der Waals surface area contributed by atoms with Crippen molar-refractivity contribution in [2.45, 2.75) is 32.7 Å². The third kappa shape index (κ3) is 3.48. The molecule has 126 valence electrons. The summed E-state index contributed by atoms with van der Waals surface area (Å²) in [5.74, 6) is -0.420. The van der Waals surface area contributed by atoms with E-state index < -0.39 is 0 Å². The summed E-state index contributed by atoms with van der Waals surface area (Å²) in [5.41, 5.74) is 1.60. The molecule has 5 nitrogen and oxygen atoms in total. The minimum absolute atomic E-state index is 0.0340. The van der Waals surface area contributed by atoms with E-state index in [2.05, 4.69) is 10.3 Å². The van der Waals surface area contributed by atoms with Gasteiger partial charge in [-0.15, -0.1) is 11.3 Å². The Morgan fingerprint density at radius 3 is 2.62 bits per heavy atom. The molecule has 0 radical (unpaired) electrons. The van der Waals surface area contributed by atoms with Gasteiger partial charge in [-0.05, 0) is 20.8 Å². The van der Waals surface area contributed by atoms with Crippen LogP contribution in [0.25, 0.3) is 11.3 Å². The number of nitrogens with one attached hydrogen (secondary N) is 1. The SMILES string of the molecule is CC(C)(C)N1CC(C(=O)Nc2nc(-c3ccccc3)cs2)CC1=O. The van der Waals surface area contributed by atoms with E-state index in [-0.39, 0.29) is 29.7 Å². The predicted octanol–water partition coefficient (Wildman–Crippen LogP) is 3.40. The quantitative estimate of drug-likeness (QED) is 0.929. The van der Waals surface area contributed by atoms with E-state index >= 15 is 0 Å². The number of anilines is 1. The van der Waals surface area contributed by atoms with Crippen LogP contribution >= 0.6 is 11.3 Å². The Labute approximate surface area is 145 Å². The Bertz CT molecular complexity index is 749. The van der Waals surface area contributed by atoms with Crippen LogP contribution in [-0.2, 0) is 9.59 Å². The molecule has 1 fully saturated rings. The second kappa shape index (κ2) is 6.36. The number of thiazole rings is 1. The average molecular weight is 343 g/mol. The third-order valence-electron chi connectivity index (χ3n) is 4.11. The number of aromatic nitrogens is 1. The van der Waals surface area contributed by atoms with Gasteiger partial charge in [0, 0.05) is 29.4 Å². The minimum Gasteiger partial charge on any atom is -0.337 e. The van der Waals surface area contributed by atoms with Crippen LogP contribution in [0.15, 0.2) is 35.7 Å². The fraction of sp³-hybridized carbons (Fsp3) is 0.389. The van der Waals surface area contributed by atoms with Crippen molar-refractivity contribution in [2.24, 2.45) is 5.92 Å². The zero-order valence-corrected chi connectivity index (χ0v) is 14.9. The number of benzene rings is 1. The molecule has 6 heteroatoms.